The van der Waals surface area contributed by atoms with E-state index in [1.807, 2.05) is 11.8 Å². The van der Waals surface area contributed by atoms with Crippen LogP contribution < -0.4 is 0 Å². The third kappa shape index (κ3) is 3.11. The lowest BCUT2D eigenvalue weighted by Gasteiger charge is -2.56. The molecule has 0 aromatic carbocycles. The zero-order valence-electron chi connectivity index (χ0n) is 14.7. The third-order valence-electron chi connectivity index (χ3n) is 7.08. The summed E-state index contributed by atoms with van der Waals surface area (Å²) in [5.74, 6) is 5.04. The van der Waals surface area contributed by atoms with Crippen LogP contribution in [0.4, 0.5) is 0 Å². The highest BCUT2D eigenvalue weighted by Crippen LogP contribution is 2.60. The molecule has 5 fully saturated rings. The molecule has 1 aromatic heterocycles. The van der Waals surface area contributed by atoms with Crippen molar-refractivity contribution in [3.05, 3.63) is 12.2 Å². The molecule has 1 amide bonds. The van der Waals surface area contributed by atoms with Gasteiger partial charge in [-0.05, 0) is 69.1 Å². The number of carbonyl (C=O) groups is 1. The minimum atomic E-state index is 0.340. The molecule has 0 spiro atoms. The van der Waals surface area contributed by atoms with Crippen molar-refractivity contribution < 1.29 is 9.32 Å². The van der Waals surface area contributed by atoms with Crippen molar-refractivity contribution in [2.24, 2.45) is 17.8 Å². The standard InChI is InChI=1S/C19H27N3O2S/c23-17(22-3-1-16(2-4-22)18-20-12-24-21-18)11-25-19-8-13-5-14(9-19)7-15(6-13)10-19/h12-16H,1-11H2. The Labute approximate surface area is 153 Å². The Hall–Kier alpha value is -1.04. The topological polar surface area (TPSA) is 59.2 Å². The molecule has 0 unspecified atom stereocenters. The number of carbonyl (C=O) groups excluding carboxylic acids is 1. The van der Waals surface area contributed by atoms with Crippen LogP contribution in [0.5, 0.6) is 0 Å². The molecular weight excluding hydrogens is 334 g/mol. The predicted octanol–water partition coefficient (Wildman–Crippen LogP) is 3.48. The number of thioether (sulfide) groups is 1. The first kappa shape index (κ1) is 16.2. The molecule has 1 aliphatic heterocycles. The quantitative estimate of drug-likeness (QED) is 0.822. The molecule has 0 N–H and O–H groups in total. The van der Waals surface area contributed by atoms with Crippen LogP contribution in [0.15, 0.2) is 10.9 Å². The summed E-state index contributed by atoms with van der Waals surface area (Å²) in [4.78, 5) is 19.0. The van der Waals surface area contributed by atoms with E-state index in [0.717, 1.165) is 49.5 Å². The minimum absolute atomic E-state index is 0.340. The van der Waals surface area contributed by atoms with Crippen LogP contribution in [0.25, 0.3) is 0 Å². The van der Waals surface area contributed by atoms with E-state index in [-0.39, 0.29) is 0 Å². The van der Waals surface area contributed by atoms with Crippen LogP contribution >= 0.6 is 11.8 Å². The first-order valence-corrected chi connectivity index (χ1v) is 10.9. The maximum absolute atomic E-state index is 12.7. The Morgan fingerprint density at radius 1 is 1.16 bits per heavy atom. The fraction of sp³-hybridized carbons (Fsp3) is 0.842. The fourth-order valence-electron chi connectivity index (χ4n) is 6.26. The molecule has 0 radical (unpaired) electrons. The Morgan fingerprint density at radius 2 is 1.80 bits per heavy atom. The van der Waals surface area contributed by atoms with E-state index in [4.69, 9.17) is 4.52 Å². The van der Waals surface area contributed by atoms with Gasteiger partial charge in [-0.2, -0.15) is 4.98 Å². The van der Waals surface area contributed by atoms with Crippen molar-refractivity contribution in [2.75, 3.05) is 18.8 Å². The molecule has 1 saturated heterocycles. The Balaban J connectivity index is 1.14. The van der Waals surface area contributed by atoms with Crippen molar-refractivity contribution >= 4 is 17.7 Å². The summed E-state index contributed by atoms with van der Waals surface area (Å²) in [5.41, 5.74) is 0. The Morgan fingerprint density at radius 3 is 2.36 bits per heavy atom. The molecule has 5 aliphatic rings. The molecule has 136 valence electrons. The summed E-state index contributed by atoms with van der Waals surface area (Å²) in [6.45, 7) is 1.67. The molecule has 5 nitrogen and oxygen atoms in total. The van der Waals surface area contributed by atoms with Gasteiger partial charge >= 0.3 is 0 Å². The third-order valence-corrected chi connectivity index (χ3v) is 8.58. The molecular formula is C19H27N3O2S. The molecule has 1 aromatic rings. The van der Waals surface area contributed by atoms with E-state index in [0.29, 0.717) is 22.3 Å². The second kappa shape index (κ2) is 6.29. The first-order valence-electron chi connectivity index (χ1n) is 9.87. The van der Waals surface area contributed by atoms with Gasteiger partial charge in [0.15, 0.2) is 5.82 Å². The SMILES string of the molecule is O=C(CSC12CC3CC(CC(C3)C1)C2)N1CCC(c2ncon2)CC1. The van der Waals surface area contributed by atoms with Crippen LogP contribution in [-0.4, -0.2) is 44.5 Å². The molecule has 4 bridgehead atoms. The molecule has 25 heavy (non-hydrogen) atoms. The highest BCUT2D eigenvalue weighted by atomic mass is 32.2. The normalized spacial score (nSPS) is 37.6. The van der Waals surface area contributed by atoms with Crippen molar-refractivity contribution in [1.29, 1.82) is 0 Å². The van der Waals surface area contributed by atoms with E-state index in [9.17, 15) is 4.79 Å². The van der Waals surface area contributed by atoms with Gasteiger partial charge in [0.05, 0.1) is 5.75 Å². The smallest absolute Gasteiger partial charge is 0.232 e. The van der Waals surface area contributed by atoms with Gasteiger partial charge < -0.3 is 9.42 Å². The summed E-state index contributed by atoms with van der Waals surface area (Å²) in [5, 5.41) is 3.96. The van der Waals surface area contributed by atoms with Gasteiger partial charge in [-0.25, -0.2) is 0 Å². The molecule has 6 heteroatoms. The summed E-state index contributed by atoms with van der Waals surface area (Å²) >= 11 is 2.00. The van der Waals surface area contributed by atoms with Gasteiger partial charge in [0.1, 0.15) is 0 Å². The van der Waals surface area contributed by atoms with E-state index in [2.05, 4.69) is 15.0 Å². The number of hydrogen-bond acceptors (Lipinski definition) is 5. The molecule has 4 saturated carbocycles. The lowest BCUT2D eigenvalue weighted by atomic mass is 9.56. The number of rotatable bonds is 4. The van der Waals surface area contributed by atoms with Crippen LogP contribution in [-0.2, 0) is 4.79 Å². The number of amides is 1. The minimum Gasteiger partial charge on any atom is -0.343 e. The zero-order valence-corrected chi connectivity index (χ0v) is 15.5. The molecule has 0 atom stereocenters. The van der Waals surface area contributed by atoms with Crippen molar-refractivity contribution in [3.63, 3.8) is 0 Å². The summed E-state index contributed by atoms with van der Waals surface area (Å²) < 4.78 is 5.29. The lowest BCUT2D eigenvalue weighted by molar-refractivity contribution is -0.129. The first-order chi connectivity index (χ1) is 12.2. The monoisotopic (exact) mass is 361 g/mol. The van der Waals surface area contributed by atoms with Gasteiger partial charge in [-0.3, -0.25) is 4.79 Å². The van der Waals surface area contributed by atoms with E-state index >= 15 is 0 Å². The molecule has 4 aliphatic carbocycles. The number of piperidine rings is 1. The summed E-state index contributed by atoms with van der Waals surface area (Å²) in [6.07, 6.45) is 11.8. The Bertz CT molecular complexity index is 589. The number of nitrogens with zero attached hydrogens (tertiary/aromatic N) is 3. The molecule has 2 heterocycles. The zero-order chi connectivity index (χ0) is 16.9. The van der Waals surface area contributed by atoms with E-state index in [1.165, 1.54) is 44.9 Å². The Kier molecular flexibility index (Phi) is 4.06. The van der Waals surface area contributed by atoms with Gasteiger partial charge in [0.2, 0.25) is 12.3 Å². The van der Waals surface area contributed by atoms with Crippen molar-refractivity contribution in [2.45, 2.75) is 62.0 Å². The van der Waals surface area contributed by atoms with Crippen LogP contribution in [0.3, 0.4) is 0 Å². The van der Waals surface area contributed by atoms with Crippen LogP contribution in [0.2, 0.25) is 0 Å². The van der Waals surface area contributed by atoms with Gasteiger partial charge in [-0.1, -0.05) is 5.16 Å². The number of likely N-dealkylation sites (tertiary alicyclic amines) is 1. The number of hydrogen-bond donors (Lipinski definition) is 0. The van der Waals surface area contributed by atoms with E-state index in [1.54, 1.807) is 0 Å². The second-order valence-corrected chi connectivity index (χ2v) is 10.3. The highest BCUT2D eigenvalue weighted by molar-refractivity contribution is 8.01. The van der Waals surface area contributed by atoms with Gasteiger partial charge in [0.25, 0.3) is 0 Å². The molecule has 6 rings (SSSR count). The average Bonchev–Trinajstić information content (AvgIpc) is 3.13. The lowest BCUT2D eigenvalue weighted by Crippen LogP contribution is -2.49. The predicted molar refractivity (Wildman–Crippen MR) is 96.2 cm³/mol. The van der Waals surface area contributed by atoms with Crippen LogP contribution in [0.1, 0.15) is 63.1 Å². The van der Waals surface area contributed by atoms with E-state index < -0.39 is 0 Å². The van der Waals surface area contributed by atoms with Gasteiger partial charge in [0, 0.05) is 23.8 Å². The largest absolute Gasteiger partial charge is 0.343 e. The summed E-state index contributed by atoms with van der Waals surface area (Å²) in [7, 11) is 0. The highest BCUT2D eigenvalue weighted by Gasteiger charge is 2.51. The fourth-order valence-corrected chi connectivity index (χ4v) is 7.93. The van der Waals surface area contributed by atoms with Gasteiger partial charge in [-0.15, -0.1) is 11.8 Å². The maximum atomic E-state index is 12.7. The van der Waals surface area contributed by atoms with Crippen LogP contribution in [0, 0.1) is 17.8 Å². The average molecular weight is 362 g/mol. The van der Waals surface area contributed by atoms with Crippen molar-refractivity contribution in [1.82, 2.24) is 15.0 Å². The summed E-state index contributed by atoms with van der Waals surface area (Å²) in [6, 6.07) is 0. The second-order valence-electron chi connectivity index (χ2n) is 8.83. The van der Waals surface area contributed by atoms with Crippen molar-refractivity contribution in [3.8, 4) is 0 Å². The number of aromatic nitrogens is 2. The maximum Gasteiger partial charge on any atom is 0.232 e.